The van der Waals surface area contributed by atoms with E-state index in [0.717, 1.165) is 11.1 Å². The number of thioether (sulfide) groups is 1. The number of benzene rings is 2. The number of carbonyl (C=O) groups excluding carboxylic acids is 1. The van der Waals surface area contributed by atoms with E-state index in [-0.39, 0.29) is 35.1 Å². The van der Waals surface area contributed by atoms with Crippen molar-refractivity contribution >= 4 is 61.6 Å². The minimum absolute atomic E-state index is 0.00139. The van der Waals surface area contributed by atoms with Gasteiger partial charge < -0.3 is 4.90 Å². The molecule has 29 heavy (non-hydrogen) atoms. The zero-order valence-corrected chi connectivity index (χ0v) is 18.7. The first-order chi connectivity index (χ1) is 13.7. The second kappa shape index (κ2) is 7.95. The molecule has 0 unspecified atom stereocenters. The molecule has 2 atom stereocenters. The summed E-state index contributed by atoms with van der Waals surface area (Å²) < 4.78 is 24.3. The van der Waals surface area contributed by atoms with Crippen molar-refractivity contribution < 1.29 is 13.2 Å². The van der Waals surface area contributed by atoms with Crippen LogP contribution in [0.1, 0.15) is 11.1 Å². The van der Waals surface area contributed by atoms with Gasteiger partial charge in [-0.2, -0.15) is 4.99 Å². The van der Waals surface area contributed by atoms with Crippen LogP contribution in [-0.2, 0) is 21.1 Å². The van der Waals surface area contributed by atoms with Gasteiger partial charge in [-0.3, -0.25) is 4.79 Å². The Balaban J connectivity index is 1.68. The Kier molecular flexibility index (Phi) is 5.68. The molecule has 1 amide bonds. The van der Waals surface area contributed by atoms with Gasteiger partial charge in [0.2, 0.25) is 0 Å². The molecule has 4 rings (SSSR count). The van der Waals surface area contributed by atoms with Gasteiger partial charge in [-0.25, -0.2) is 8.42 Å². The van der Waals surface area contributed by atoms with Crippen LogP contribution in [0.15, 0.2) is 47.5 Å². The largest absolute Gasteiger partial charge is 0.314 e. The highest BCUT2D eigenvalue weighted by molar-refractivity contribution is 8.16. The average Bonchev–Trinajstić information content (AvgIpc) is 3.08. The number of amidine groups is 1. The summed E-state index contributed by atoms with van der Waals surface area (Å²) in [7, 11) is -3.15. The molecule has 0 bridgehead atoms. The minimum Gasteiger partial charge on any atom is -0.314 e. The highest BCUT2D eigenvalue weighted by atomic mass is 35.5. The van der Waals surface area contributed by atoms with Gasteiger partial charge in [-0.15, -0.1) is 0 Å². The number of hydrogen-bond donors (Lipinski definition) is 0. The van der Waals surface area contributed by atoms with E-state index < -0.39 is 9.84 Å². The van der Waals surface area contributed by atoms with Gasteiger partial charge in [0.25, 0.3) is 5.91 Å². The van der Waals surface area contributed by atoms with E-state index in [1.165, 1.54) is 11.8 Å². The lowest BCUT2D eigenvalue weighted by molar-refractivity contribution is -0.117. The van der Waals surface area contributed by atoms with Crippen molar-refractivity contribution in [1.29, 1.82) is 0 Å². The first-order valence-electron chi connectivity index (χ1n) is 9.01. The van der Waals surface area contributed by atoms with Crippen molar-refractivity contribution in [1.82, 2.24) is 0 Å². The van der Waals surface area contributed by atoms with Crippen molar-refractivity contribution in [3.05, 3.63) is 63.6 Å². The smallest absolute Gasteiger partial charge is 0.252 e. The minimum atomic E-state index is -3.15. The third-order valence-electron chi connectivity index (χ3n) is 4.92. The van der Waals surface area contributed by atoms with Gasteiger partial charge in [-0.1, -0.05) is 70.9 Å². The number of aryl methyl sites for hydroxylation is 1. The van der Waals surface area contributed by atoms with Crippen LogP contribution >= 0.6 is 35.0 Å². The number of sulfone groups is 1. The fourth-order valence-electron chi connectivity index (χ4n) is 3.67. The lowest BCUT2D eigenvalue weighted by Crippen LogP contribution is -2.38. The van der Waals surface area contributed by atoms with Gasteiger partial charge in [0.05, 0.1) is 39.7 Å². The number of nitrogens with zero attached hydrogens (tertiary/aromatic N) is 2. The first kappa shape index (κ1) is 20.7. The number of hydrogen-bond acceptors (Lipinski definition) is 4. The molecule has 0 radical (unpaired) electrons. The third-order valence-corrected chi connectivity index (χ3v) is 8.93. The van der Waals surface area contributed by atoms with Crippen molar-refractivity contribution in [2.24, 2.45) is 4.99 Å². The standard InChI is InChI=1S/C20H18Cl2N2O3S2/c1-12-4-2-5-13(8-12)9-18(25)23-20-24(15-7-3-6-14(21)19(15)22)16-10-29(26,27)11-17(16)28-20/h2-8,16-17H,9-11H2,1H3/t16-,17+/m0/s1. The van der Waals surface area contributed by atoms with Gasteiger partial charge in [0.1, 0.15) is 0 Å². The van der Waals surface area contributed by atoms with Gasteiger partial charge in [0.15, 0.2) is 15.0 Å². The number of rotatable bonds is 3. The zero-order valence-electron chi connectivity index (χ0n) is 15.5. The number of carbonyl (C=O) groups is 1. The Morgan fingerprint density at radius 3 is 2.72 bits per heavy atom. The van der Waals surface area contributed by atoms with Crippen LogP contribution in [0.2, 0.25) is 10.0 Å². The predicted octanol–water partition coefficient (Wildman–Crippen LogP) is 4.15. The zero-order chi connectivity index (χ0) is 20.8. The molecule has 2 heterocycles. The maximum Gasteiger partial charge on any atom is 0.252 e. The second-order valence-corrected chi connectivity index (χ2v) is 11.3. The van der Waals surface area contributed by atoms with E-state index in [1.54, 1.807) is 23.1 Å². The van der Waals surface area contributed by atoms with Gasteiger partial charge in [0, 0.05) is 5.25 Å². The summed E-state index contributed by atoms with van der Waals surface area (Å²) >= 11 is 13.9. The summed E-state index contributed by atoms with van der Waals surface area (Å²) in [6, 6.07) is 12.6. The quantitative estimate of drug-likeness (QED) is 0.676. The highest BCUT2D eigenvalue weighted by Gasteiger charge is 2.49. The molecule has 0 aromatic heterocycles. The van der Waals surface area contributed by atoms with Crippen LogP contribution in [0.3, 0.4) is 0 Å². The molecular weight excluding hydrogens is 451 g/mol. The fourth-order valence-corrected chi connectivity index (χ4v) is 7.98. The van der Waals surface area contributed by atoms with E-state index in [0.29, 0.717) is 20.9 Å². The molecule has 0 spiro atoms. The molecule has 0 saturated carbocycles. The molecule has 9 heteroatoms. The third kappa shape index (κ3) is 4.33. The van der Waals surface area contributed by atoms with Gasteiger partial charge >= 0.3 is 0 Å². The lowest BCUT2D eigenvalue weighted by atomic mass is 10.1. The molecular formula is C20H18Cl2N2O3S2. The molecule has 2 aliphatic rings. The predicted molar refractivity (Wildman–Crippen MR) is 120 cm³/mol. The monoisotopic (exact) mass is 468 g/mol. The fraction of sp³-hybridized carbons (Fsp3) is 0.300. The molecule has 0 aliphatic carbocycles. The second-order valence-electron chi connectivity index (χ2n) is 7.20. The SMILES string of the molecule is Cc1cccc(CC(=O)N=C2S[C@@H]3CS(=O)(=O)C[C@@H]3N2c2cccc(Cl)c2Cl)c1. The molecule has 2 aliphatic heterocycles. The Bertz CT molecular complexity index is 1120. The topological polar surface area (TPSA) is 66.8 Å². The van der Waals surface area contributed by atoms with Crippen LogP contribution in [0.4, 0.5) is 5.69 Å². The number of aliphatic imine (C=N–C) groups is 1. The number of halogens is 2. The number of anilines is 1. The normalized spacial score (nSPS) is 24.1. The summed E-state index contributed by atoms with van der Waals surface area (Å²) in [6.45, 7) is 1.97. The Hall–Kier alpha value is -1.54. The lowest BCUT2D eigenvalue weighted by Gasteiger charge is -2.25. The van der Waals surface area contributed by atoms with E-state index in [2.05, 4.69) is 4.99 Å². The van der Waals surface area contributed by atoms with Crippen LogP contribution in [-0.4, -0.2) is 42.3 Å². The Labute approximate surface area is 184 Å². The summed E-state index contributed by atoms with van der Waals surface area (Å²) in [6.07, 6.45) is 0.177. The van der Waals surface area contributed by atoms with Gasteiger partial charge in [-0.05, 0) is 24.6 Å². The number of fused-ring (bicyclic) bond motifs is 1. The molecule has 2 saturated heterocycles. The van der Waals surface area contributed by atoms with Crippen LogP contribution < -0.4 is 4.90 Å². The first-order valence-corrected chi connectivity index (χ1v) is 12.5. The Morgan fingerprint density at radius 2 is 1.97 bits per heavy atom. The van der Waals surface area contributed by atoms with E-state index in [4.69, 9.17) is 23.2 Å². The molecule has 5 nitrogen and oxygen atoms in total. The van der Waals surface area contributed by atoms with Crippen molar-refractivity contribution in [2.75, 3.05) is 16.4 Å². The average molecular weight is 469 g/mol. The Morgan fingerprint density at radius 1 is 1.21 bits per heavy atom. The molecule has 2 fully saturated rings. The summed E-state index contributed by atoms with van der Waals surface area (Å²) in [5.74, 6) is -0.232. The maximum atomic E-state index is 12.7. The molecule has 2 aromatic carbocycles. The molecule has 0 N–H and O–H groups in total. The van der Waals surface area contributed by atoms with Crippen LogP contribution in [0, 0.1) is 6.92 Å². The highest BCUT2D eigenvalue weighted by Crippen LogP contribution is 2.44. The van der Waals surface area contributed by atoms with Crippen LogP contribution in [0.5, 0.6) is 0 Å². The molecule has 2 aromatic rings. The van der Waals surface area contributed by atoms with Crippen molar-refractivity contribution in [3.63, 3.8) is 0 Å². The van der Waals surface area contributed by atoms with E-state index in [9.17, 15) is 13.2 Å². The van der Waals surface area contributed by atoms with Crippen molar-refractivity contribution in [2.45, 2.75) is 24.6 Å². The van der Waals surface area contributed by atoms with Crippen LogP contribution in [0.25, 0.3) is 0 Å². The van der Waals surface area contributed by atoms with E-state index >= 15 is 0 Å². The van der Waals surface area contributed by atoms with E-state index in [1.807, 2.05) is 31.2 Å². The van der Waals surface area contributed by atoms with Crippen molar-refractivity contribution in [3.8, 4) is 0 Å². The summed E-state index contributed by atoms with van der Waals surface area (Å²) in [4.78, 5) is 18.7. The summed E-state index contributed by atoms with van der Waals surface area (Å²) in [5, 5.41) is 0.958. The maximum absolute atomic E-state index is 12.7. The number of amides is 1. The molecule has 152 valence electrons. The summed E-state index contributed by atoms with van der Waals surface area (Å²) in [5.41, 5.74) is 2.53.